The molecule has 0 bridgehead atoms. The molecule has 2 aliphatic rings. The van der Waals surface area contributed by atoms with Crippen LogP contribution in [0.2, 0.25) is 0 Å². The zero-order valence-electron chi connectivity index (χ0n) is 12.6. The Morgan fingerprint density at radius 3 is 2.91 bits per heavy atom. The summed E-state index contributed by atoms with van der Waals surface area (Å²) in [5.41, 5.74) is 7.22. The number of ether oxygens (including phenoxy) is 2. The zero-order chi connectivity index (χ0) is 16.6. The molecule has 0 amide bonds. The van der Waals surface area contributed by atoms with Crippen molar-refractivity contribution in [1.82, 2.24) is 0 Å². The molecule has 0 saturated heterocycles. The van der Waals surface area contributed by atoms with E-state index in [2.05, 4.69) is 0 Å². The van der Waals surface area contributed by atoms with Gasteiger partial charge in [-0.15, -0.1) is 0 Å². The van der Waals surface area contributed by atoms with Crippen molar-refractivity contribution in [2.45, 2.75) is 25.2 Å². The Labute approximate surface area is 133 Å². The Kier molecular flexibility index (Phi) is 3.70. The monoisotopic (exact) mass is 312 g/mol. The summed E-state index contributed by atoms with van der Waals surface area (Å²) in [6.07, 6.45) is 1.75. The molecular weight excluding hydrogens is 296 g/mol. The molecule has 0 radical (unpaired) electrons. The summed E-state index contributed by atoms with van der Waals surface area (Å²) < 4.78 is 10.6. The number of benzene rings is 1. The largest absolute Gasteiger partial charge is 0.504 e. The highest BCUT2D eigenvalue weighted by Crippen LogP contribution is 2.44. The molecule has 6 nitrogen and oxygen atoms in total. The van der Waals surface area contributed by atoms with E-state index in [9.17, 15) is 15.2 Å². The lowest BCUT2D eigenvalue weighted by Gasteiger charge is -2.31. The molecule has 1 aliphatic heterocycles. The summed E-state index contributed by atoms with van der Waals surface area (Å²) in [7, 11) is 1.44. The van der Waals surface area contributed by atoms with Gasteiger partial charge in [-0.25, -0.2) is 0 Å². The van der Waals surface area contributed by atoms with Gasteiger partial charge in [0.2, 0.25) is 5.88 Å². The number of carbonyl (C=O) groups excluding carboxylic acids is 1. The third-order valence-corrected chi connectivity index (χ3v) is 4.14. The van der Waals surface area contributed by atoms with Crippen LogP contribution < -0.4 is 10.5 Å². The van der Waals surface area contributed by atoms with Crippen LogP contribution in [0.15, 0.2) is 41.0 Å². The maximum absolute atomic E-state index is 12.4. The summed E-state index contributed by atoms with van der Waals surface area (Å²) in [6, 6.07) is 6.79. The Hall–Kier alpha value is -2.94. The van der Waals surface area contributed by atoms with Gasteiger partial charge in [0.25, 0.3) is 0 Å². The van der Waals surface area contributed by atoms with E-state index >= 15 is 0 Å². The van der Waals surface area contributed by atoms with Crippen molar-refractivity contribution in [3.8, 4) is 17.6 Å². The van der Waals surface area contributed by atoms with Crippen molar-refractivity contribution in [3.63, 3.8) is 0 Å². The summed E-state index contributed by atoms with van der Waals surface area (Å²) in [6.45, 7) is 0. The number of Topliss-reactive ketones (excluding diaryl/α,β-unsaturated/α-hetero) is 1. The maximum atomic E-state index is 12.4. The average Bonchev–Trinajstić information content (AvgIpc) is 2.54. The molecule has 6 heteroatoms. The van der Waals surface area contributed by atoms with E-state index in [1.54, 1.807) is 12.1 Å². The van der Waals surface area contributed by atoms with Gasteiger partial charge in [0.05, 0.1) is 13.0 Å². The number of nitriles is 1. The normalized spacial score (nSPS) is 20.7. The molecule has 1 aromatic rings. The number of hydrogen-bond donors (Lipinski definition) is 2. The first-order valence-electron chi connectivity index (χ1n) is 7.27. The number of allylic oxidation sites excluding steroid dienone is 3. The quantitative estimate of drug-likeness (QED) is 0.867. The second-order valence-electron chi connectivity index (χ2n) is 5.47. The average molecular weight is 312 g/mol. The lowest BCUT2D eigenvalue weighted by Crippen LogP contribution is -2.27. The van der Waals surface area contributed by atoms with E-state index in [4.69, 9.17) is 15.2 Å². The molecule has 1 atom stereocenters. The minimum atomic E-state index is -0.592. The van der Waals surface area contributed by atoms with Gasteiger partial charge in [-0.05, 0) is 24.1 Å². The molecule has 0 spiro atoms. The topological polar surface area (TPSA) is 106 Å². The number of nitrogens with zero attached hydrogens (tertiary/aromatic N) is 1. The molecule has 1 aromatic carbocycles. The molecule has 1 aliphatic carbocycles. The second-order valence-corrected chi connectivity index (χ2v) is 5.47. The number of carbonyl (C=O) groups is 1. The molecule has 0 fully saturated rings. The first-order chi connectivity index (χ1) is 11.1. The highest BCUT2D eigenvalue weighted by molar-refractivity contribution is 5.99. The fraction of sp³-hybridized carbons (Fsp3) is 0.294. The van der Waals surface area contributed by atoms with E-state index in [-0.39, 0.29) is 28.7 Å². The van der Waals surface area contributed by atoms with Crippen LogP contribution in [-0.4, -0.2) is 18.0 Å². The minimum Gasteiger partial charge on any atom is -0.504 e. The molecule has 1 heterocycles. The van der Waals surface area contributed by atoms with Gasteiger partial charge in [0, 0.05) is 18.4 Å². The predicted octanol–water partition coefficient (Wildman–Crippen LogP) is 2.22. The molecule has 3 N–H and O–H groups in total. The lowest BCUT2D eigenvalue weighted by molar-refractivity contribution is -0.116. The van der Waals surface area contributed by atoms with Crippen LogP contribution >= 0.6 is 0 Å². The van der Waals surface area contributed by atoms with Crippen molar-refractivity contribution in [3.05, 3.63) is 46.6 Å². The van der Waals surface area contributed by atoms with E-state index in [0.29, 0.717) is 36.2 Å². The van der Waals surface area contributed by atoms with Gasteiger partial charge in [-0.3, -0.25) is 4.79 Å². The number of phenols is 1. The Bertz CT molecular complexity index is 786. The van der Waals surface area contributed by atoms with Gasteiger partial charge in [0.15, 0.2) is 17.3 Å². The van der Waals surface area contributed by atoms with Crippen LogP contribution in [0.25, 0.3) is 0 Å². The summed E-state index contributed by atoms with van der Waals surface area (Å²) in [5, 5.41) is 19.2. The van der Waals surface area contributed by atoms with E-state index in [1.165, 1.54) is 13.2 Å². The highest BCUT2D eigenvalue weighted by atomic mass is 16.5. The Morgan fingerprint density at radius 2 is 2.22 bits per heavy atom. The van der Waals surface area contributed by atoms with E-state index < -0.39 is 5.92 Å². The van der Waals surface area contributed by atoms with Crippen LogP contribution in [0.1, 0.15) is 30.7 Å². The van der Waals surface area contributed by atoms with E-state index in [1.807, 2.05) is 6.07 Å². The number of rotatable bonds is 2. The smallest absolute Gasteiger partial charge is 0.205 e. The number of aromatic hydroxyl groups is 1. The van der Waals surface area contributed by atoms with Crippen molar-refractivity contribution in [1.29, 1.82) is 5.26 Å². The van der Waals surface area contributed by atoms with Crippen molar-refractivity contribution < 1.29 is 19.4 Å². The second kappa shape index (κ2) is 5.69. The first kappa shape index (κ1) is 15.0. The van der Waals surface area contributed by atoms with Gasteiger partial charge in [-0.1, -0.05) is 6.07 Å². The number of phenolic OH excluding ortho intramolecular Hbond substituents is 1. The summed E-state index contributed by atoms with van der Waals surface area (Å²) in [4.78, 5) is 12.4. The number of ketones is 1. The molecular formula is C17H16N2O4. The highest BCUT2D eigenvalue weighted by Gasteiger charge is 2.38. The fourth-order valence-corrected chi connectivity index (χ4v) is 3.06. The number of methoxy groups -OCH3 is 1. The molecule has 0 unspecified atom stereocenters. The molecule has 0 saturated carbocycles. The molecule has 23 heavy (non-hydrogen) atoms. The fourth-order valence-electron chi connectivity index (χ4n) is 3.06. The molecule has 118 valence electrons. The number of nitrogens with two attached hydrogens (primary N) is 1. The minimum absolute atomic E-state index is 0.0112. The Morgan fingerprint density at radius 1 is 1.43 bits per heavy atom. The van der Waals surface area contributed by atoms with Crippen molar-refractivity contribution in [2.75, 3.05) is 7.11 Å². The standard InChI is InChI=1S/C17H16N2O4/c1-22-14-7-9(5-6-11(14)20)15-10(8-18)17(19)23-13-4-2-3-12(21)16(13)15/h5-7,15,20H,2-4,19H2,1H3/t15-/m1/s1. The predicted molar refractivity (Wildman–Crippen MR) is 81.2 cm³/mol. The lowest BCUT2D eigenvalue weighted by atomic mass is 9.77. The van der Waals surface area contributed by atoms with E-state index in [0.717, 1.165) is 0 Å². The third kappa shape index (κ3) is 2.40. The van der Waals surface area contributed by atoms with Crippen molar-refractivity contribution >= 4 is 5.78 Å². The maximum Gasteiger partial charge on any atom is 0.205 e. The van der Waals surface area contributed by atoms with Crippen LogP contribution in [0.4, 0.5) is 0 Å². The van der Waals surface area contributed by atoms with Crippen LogP contribution in [-0.2, 0) is 9.53 Å². The Balaban J connectivity index is 2.19. The zero-order valence-corrected chi connectivity index (χ0v) is 12.6. The van der Waals surface area contributed by atoms with Gasteiger partial charge in [-0.2, -0.15) is 5.26 Å². The third-order valence-electron chi connectivity index (χ3n) is 4.14. The van der Waals surface area contributed by atoms with Crippen LogP contribution in [0, 0.1) is 11.3 Å². The summed E-state index contributed by atoms with van der Waals surface area (Å²) in [5.74, 6) is 0.195. The van der Waals surface area contributed by atoms with Gasteiger partial charge < -0.3 is 20.3 Å². The molecule has 3 rings (SSSR count). The van der Waals surface area contributed by atoms with Gasteiger partial charge in [0.1, 0.15) is 17.4 Å². The van der Waals surface area contributed by atoms with Crippen LogP contribution in [0.3, 0.4) is 0 Å². The molecule has 0 aromatic heterocycles. The van der Waals surface area contributed by atoms with Gasteiger partial charge >= 0.3 is 0 Å². The van der Waals surface area contributed by atoms with Crippen molar-refractivity contribution in [2.24, 2.45) is 5.73 Å². The van der Waals surface area contributed by atoms with Crippen LogP contribution in [0.5, 0.6) is 11.5 Å². The number of hydrogen-bond acceptors (Lipinski definition) is 6. The summed E-state index contributed by atoms with van der Waals surface area (Å²) >= 11 is 0. The first-order valence-corrected chi connectivity index (χ1v) is 7.27. The SMILES string of the molecule is COc1cc([C@@H]2C(C#N)=C(N)OC3=C2C(=O)CCC3)ccc1O.